The van der Waals surface area contributed by atoms with Crippen LogP contribution in [0, 0.1) is 40.1 Å². The van der Waals surface area contributed by atoms with Gasteiger partial charge in [-0.1, -0.05) is 36.4 Å². The number of rotatable bonds is 9. The number of anilines is 3. The minimum atomic E-state index is -0.358. The molecule has 0 heterocycles. The van der Waals surface area contributed by atoms with Crippen molar-refractivity contribution in [1.29, 1.82) is 10.5 Å². The van der Waals surface area contributed by atoms with E-state index in [1.165, 1.54) is 36.4 Å². The highest BCUT2D eigenvalue weighted by molar-refractivity contribution is 5.86. The van der Waals surface area contributed by atoms with Crippen LogP contribution in [0.3, 0.4) is 0 Å². The summed E-state index contributed by atoms with van der Waals surface area (Å²) in [5.41, 5.74) is 4.12. The maximum Gasteiger partial charge on any atom is 0.123 e. The molecule has 0 radical (unpaired) electrons. The zero-order valence-corrected chi connectivity index (χ0v) is 19.7. The maximum absolute atomic E-state index is 13.3. The molecule has 4 aromatic carbocycles. The second-order valence-corrected chi connectivity index (χ2v) is 8.26. The van der Waals surface area contributed by atoms with Gasteiger partial charge in [-0.2, -0.15) is 10.5 Å². The topological polar surface area (TPSA) is 83.7 Å². The highest BCUT2D eigenvalue weighted by Crippen LogP contribution is 2.36. The number of benzene rings is 4. The highest BCUT2D eigenvalue weighted by Gasteiger charge is 2.19. The molecule has 4 rings (SSSR count). The zero-order chi connectivity index (χ0) is 26.2. The predicted octanol–water partition coefficient (Wildman–Crippen LogP) is 6.68. The molecule has 4 aromatic rings. The van der Waals surface area contributed by atoms with Crippen molar-refractivity contribution in [2.45, 2.75) is 19.6 Å². The average Bonchev–Trinajstić information content (AvgIpc) is 2.92. The van der Waals surface area contributed by atoms with Gasteiger partial charge >= 0.3 is 0 Å². The van der Waals surface area contributed by atoms with Gasteiger partial charge in [0.15, 0.2) is 0 Å². The molecular formula is C29H22F3N5. The molecule has 37 heavy (non-hydrogen) atoms. The largest absolute Gasteiger partial charge is 0.379 e. The standard InChI is InChI=1S/C29H22F3N5/c30-23-7-1-19(2-8-23)16-35-27-13-22(14-33)28(36-17-20-3-9-24(31)10-4-20)26(15-34)29(27)37-18-21-5-11-25(32)12-6-21/h1-13,35-37H,16-18H2. The normalized spacial score (nSPS) is 10.3. The van der Waals surface area contributed by atoms with Gasteiger partial charge in [0.1, 0.15) is 35.2 Å². The smallest absolute Gasteiger partial charge is 0.123 e. The third-order valence-corrected chi connectivity index (χ3v) is 5.72. The third kappa shape index (κ3) is 6.39. The SMILES string of the molecule is N#Cc1cc(NCc2ccc(F)cc2)c(NCc2ccc(F)cc2)c(C#N)c1NCc1ccc(F)cc1. The first-order chi connectivity index (χ1) is 18.0. The summed E-state index contributed by atoms with van der Waals surface area (Å²) in [6, 6.07) is 23.8. The molecule has 184 valence electrons. The Labute approximate surface area is 212 Å². The van der Waals surface area contributed by atoms with Crippen molar-refractivity contribution in [3.63, 3.8) is 0 Å². The molecular weight excluding hydrogens is 475 g/mol. The van der Waals surface area contributed by atoms with E-state index in [4.69, 9.17) is 0 Å². The summed E-state index contributed by atoms with van der Waals surface area (Å²) in [6.45, 7) is 0.885. The number of halogens is 3. The summed E-state index contributed by atoms with van der Waals surface area (Å²) >= 11 is 0. The van der Waals surface area contributed by atoms with E-state index in [1.54, 1.807) is 42.5 Å². The highest BCUT2D eigenvalue weighted by atomic mass is 19.1. The Kier molecular flexibility index (Phi) is 7.92. The molecule has 0 aliphatic rings. The molecule has 0 atom stereocenters. The molecule has 0 unspecified atom stereocenters. The van der Waals surface area contributed by atoms with Crippen LogP contribution in [0.4, 0.5) is 30.2 Å². The molecule has 0 amide bonds. The number of nitriles is 2. The van der Waals surface area contributed by atoms with Crippen molar-refractivity contribution in [1.82, 2.24) is 0 Å². The lowest BCUT2D eigenvalue weighted by molar-refractivity contribution is 0.626. The Morgan fingerprint density at radius 1 is 0.541 bits per heavy atom. The molecule has 0 bridgehead atoms. The average molecular weight is 498 g/mol. The van der Waals surface area contributed by atoms with E-state index >= 15 is 0 Å². The quantitative estimate of drug-likeness (QED) is 0.240. The van der Waals surface area contributed by atoms with Crippen LogP contribution in [0.15, 0.2) is 78.9 Å². The van der Waals surface area contributed by atoms with Gasteiger partial charge in [0.2, 0.25) is 0 Å². The number of hydrogen-bond donors (Lipinski definition) is 3. The first kappa shape index (κ1) is 25.2. The monoisotopic (exact) mass is 497 g/mol. The van der Waals surface area contributed by atoms with Crippen molar-refractivity contribution in [2.75, 3.05) is 16.0 Å². The molecule has 0 fully saturated rings. The Hall–Kier alpha value is -4.95. The van der Waals surface area contributed by atoms with Gasteiger partial charge in [-0.05, 0) is 59.2 Å². The molecule has 0 aromatic heterocycles. The van der Waals surface area contributed by atoms with Crippen LogP contribution in [-0.2, 0) is 19.6 Å². The third-order valence-electron chi connectivity index (χ3n) is 5.72. The van der Waals surface area contributed by atoms with Gasteiger partial charge in [0.05, 0.1) is 22.6 Å². The van der Waals surface area contributed by atoms with E-state index in [0.29, 0.717) is 30.2 Å². The second kappa shape index (κ2) is 11.7. The fraction of sp³-hybridized carbons (Fsp3) is 0.103. The van der Waals surface area contributed by atoms with Gasteiger partial charge in [-0.3, -0.25) is 0 Å². The van der Waals surface area contributed by atoms with Crippen molar-refractivity contribution >= 4 is 17.1 Å². The molecule has 0 saturated heterocycles. The van der Waals surface area contributed by atoms with Crippen molar-refractivity contribution < 1.29 is 13.2 Å². The first-order valence-corrected chi connectivity index (χ1v) is 11.4. The molecule has 0 aliphatic carbocycles. The van der Waals surface area contributed by atoms with Crippen LogP contribution >= 0.6 is 0 Å². The molecule has 3 N–H and O–H groups in total. The van der Waals surface area contributed by atoms with Crippen LogP contribution < -0.4 is 16.0 Å². The Morgan fingerprint density at radius 2 is 0.946 bits per heavy atom. The summed E-state index contributed by atoms with van der Waals surface area (Å²) in [4.78, 5) is 0. The van der Waals surface area contributed by atoms with E-state index < -0.39 is 0 Å². The predicted molar refractivity (Wildman–Crippen MR) is 137 cm³/mol. The van der Waals surface area contributed by atoms with Crippen molar-refractivity contribution in [3.8, 4) is 12.1 Å². The van der Waals surface area contributed by atoms with Crippen LogP contribution in [-0.4, -0.2) is 0 Å². The number of nitrogens with zero attached hydrogens (tertiary/aromatic N) is 2. The van der Waals surface area contributed by atoms with E-state index in [-0.39, 0.29) is 35.1 Å². The number of nitrogens with one attached hydrogen (secondary N) is 3. The second-order valence-electron chi connectivity index (χ2n) is 8.26. The van der Waals surface area contributed by atoms with E-state index in [2.05, 4.69) is 28.1 Å². The van der Waals surface area contributed by atoms with Crippen LogP contribution in [0.25, 0.3) is 0 Å². The Morgan fingerprint density at radius 3 is 1.35 bits per heavy atom. The summed E-state index contributed by atoms with van der Waals surface area (Å²) in [5, 5.41) is 29.6. The van der Waals surface area contributed by atoms with Crippen molar-refractivity contribution in [3.05, 3.63) is 124 Å². The summed E-state index contributed by atoms with van der Waals surface area (Å²) in [7, 11) is 0. The molecule has 0 aliphatic heterocycles. The van der Waals surface area contributed by atoms with Gasteiger partial charge in [0, 0.05) is 19.6 Å². The summed E-state index contributed by atoms with van der Waals surface area (Å²) in [6.07, 6.45) is 0. The van der Waals surface area contributed by atoms with E-state index in [0.717, 1.165) is 16.7 Å². The van der Waals surface area contributed by atoms with Crippen molar-refractivity contribution in [2.24, 2.45) is 0 Å². The summed E-state index contributed by atoms with van der Waals surface area (Å²) in [5.74, 6) is -1.06. The van der Waals surface area contributed by atoms with E-state index in [9.17, 15) is 23.7 Å². The molecule has 0 saturated carbocycles. The number of hydrogen-bond acceptors (Lipinski definition) is 5. The lowest BCUT2D eigenvalue weighted by atomic mass is 10.0. The van der Waals surface area contributed by atoms with E-state index in [1.807, 2.05) is 0 Å². The Balaban J connectivity index is 1.68. The van der Waals surface area contributed by atoms with Crippen LogP contribution in [0.1, 0.15) is 27.8 Å². The van der Waals surface area contributed by atoms with Gasteiger partial charge in [-0.15, -0.1) is 0 Å². The van der Waals surface area contributed by atoms with Gasteiger partial charge in [0.25, 0.3) is 0 Å². The minimum absolute atomic E-state index is 0.213. The minimum Gasteiger partial charge on any atom is -0.379 e. The van der Waals surface area contributed by atoms with Gasteiger partial charge in [-0.25, -0.2) is 13.2 Å². The fourth-order valence-electron chi connectivity index (χ4n) is 3.77. The molecule has 5 nitrogen and oxygen atoms in total. The van der Waals surface area contributed by atoms with Crippen LogP contribution in [0.2, 0.25) is 0 Å². The lowest BCUT2D eigenvalue weighted by Crippen LogP contribution is -2.11. The molecule has 0 spiro atoms. The first-order valence-electron chi connectivity index (χ1n) is 11.4. The maximum atomic E-state index is 13.3. The summed E-state index contributed by atoms with van der Waals surface area (Å²) < 4.78 is 39.9. The fourth-order valence-corrected chi connectivity index (χ4v) is 3.77. The Bertz CT molecular complexity index is 1450. The molecule has 8 heteroatoms. The lowest BCUT2D eigenvalue weighted by Gasteiger charge is -2.20. The van der Waals surface area contributed by atoms with Gasteiger partial charge < -0.3 is 16.0 Å². The zero-order valence-electron chi connectivity index (χ0n) is 19.7. The van der Waals surface area contributed by atoms with Crippen LogP contribution in [0.5, 0.6) is 0 Å².